The lowest BCUT2D eigenvalue weighted by Gasteiger charge is -2.18. The van der Waals surface area contributed by atoms with E-state index in [9.17, 15) is 14.8 Å². The van der Waals surface area contributed by atoms with Crippen LogP contribution in [0.15, 0.2) is 42.5 Å². The Balaban J connectivity index is 2.28. The number of phenols is 2. The maximum atomic E-state index is 11.1. The number of hydrogen-bond donors (Lipinski definition) is 5. The van der Waals surface area contributed by atoms with Crippen LogP contribution < -0.4 is 5.09 Å². The van der Waals surface area contributed by atoms with Crippen molar-refractivity contribution in [2.24, 2.45) is 0 Å². The summed E-state index contributed by atoms with van der Waals surface area (Å²) in [5.41, 5.74) is 1.59. The van der Waals surface area contributed by atoms with Gasteiger partial charge in [-0.05, 0) is 42.2 Å². The van der Waals surface area contributed by atoms with Gasteiger partial charge in [0, 0.05) is 5.56 Å². The van der Waals surface area contributed by atoms with Crippen LogP contribution in [0.1, 0.15) is 24.0 Å². The Hall–Kier alpha value is -2.01. The van der Waals surface area contributed by atoms with Crippen LogP contribution in [0.2, 0.25) is 0 Å². The summed E-state index contributed by atoms with van der Waals surface area (Å²) in [6, 6.07) is 11.2. The van der Waals surface area contributed by atoms with E-state index in [1.54, 1.807) is 24.3 Å². The first-order valence-corrected chi connectivity index (χ1v) is 8.31. The van der Waals surface area contributed by atoms with Gasteiger partial charge in [0.05, 0.1) is 5.69 Å². The van der Waals surface area contributed by atoms with Crippen molar-refractivity contribution < 1.29 is 24.6 Å². The van der Waals surface area contributed by atoms with E-state index in [1.807, 2.05) is 6.92 Å². The van der Waals surface area contributed by atoms with Crippen LogP contribution in [-0.2, 0) is 11.0 Å². The number of aromatic hydroxyl groups is 2. The highest BCUT2D eigenvalue weighted by Crippen LogP contribution is 2.40. The SMILES string of the molecule is CC(Cc1c(O)cccc1NP(=O)(O)O)c1ccc(O)cc1. The van der Waals surface area contributed by atoms with E-state index in [-0.39, 0.29) is 23.1 Å². The van der Waals surface area contributed by atoms with E-state index in [0.717, 1.165) is 5.56 Å². The Morgan fingerprint density at radius 1 is 1.09 bits per heavy atom. The van der Waals surface area contributed by atoms with Gasteiger partial charge in [-0.2, -0.15) is 0 Å². The zero-order valence-corrected chi connectivity index (χ0v) is 12.9. The topological polar surface area (TPSA) is 110 Å². The van der Waals surface area contributed by atoms with Crippen LogP contribution in [-0.4, -0.2) is 20.0 Å². The molecule has 118 valence electrons. The lowest BCUT2D eigenvalue weighted by Crippen LogP contribution is -2.04. The Labute approximate surface area is 128 Å². The number of benzene rings is 2. The van der Waals surface area contributed by atoms with E-state index in [4.69, 9.17) is 9.79 Å². The summed E-state index contributed by atoms with van der Waals surface area (Å²) in [5, 5.41) is 21.4. The maximum absolute atomic E-state index is 11.1. The summed E-state index contributed by atoms with van der Waals surface area (Å²) in [5.74, 6) is 0.137. The van der Waals surface area contributed by atoms with E-state index < -0.39 is 7.75 Å². The highest BCUT2D eigenvalue weighted by Gasteiger charge is 2.19. The Morgan fingerprint density at radius 3 is 2.32 bits per heavy atom. The van der Waals surface area contributed by atoms with Crippen LogP contribution in [0.3, 0.4) is 0 Å². The molecule has 0 aliphatic heterocycles. The fraction of sp³-hybridized carbons (Fsp3) is 0.200. The van der Waals surface area contributed by atoms with Crippen molar-refractivity contribution in [1.29, 1.82) is 0 Å². The number of hydrogen-bond acceptors (Lipinski definition) is 3. The van der Waals surface area contributed by atoms with Crippen molar-refractivity contribution >= 4 is 13.4 Å². The molecule has 0 saturated heterocycles. The molecule has 5 N–H and O–H groups in total. The van der Waals surface area contributed by atoms with Crippen LogP contribution in [0.5, 0.6) is 11.5 Å². The monoisotopic (exact) mass is 323 g/mol. The molecule has 1 atom stereocenters. The molecule has 0 heterocycles. The standard InChI is InChI=1S/C15H18NO5P/c1-10(11-5-7-12(17)8-6-11)9-13-14(16-22(19,20)21)3-2-4-15(13)18/h2-8,10,17-18H,9H2,1H3,(H3,16,19,20,21). The van der Waals surface area contributed by atoms with Gasteiger partial charge in [0.2, 0.25) is 0 Å². The molecule has 0 amide bonds. The molecule has 0 fully saturated rings. The molecule has 6 nitrogen and oxygen atoms in total. The van der Waals surface area contributed by atoms with E-state index in [2.05, 4.69) is 5.09 Å². The molecule has 0 bridgehead atoms. The first kappa shape index (κ1) is 16.4. The summed E-state index contributed by atoms with van der Waals surface area (Å²) >= 11 is 0. The minimum absolute atomic E-state index is 0.00813. The minimum Gasteiger partial charge on any atom is -0.508 e. The molecule has 22 heavy (non-hydrogen) atoms. The fourth-order valence-electron chi connectivity index (χ4n) is 2.28. The van der Waals surface area contributed by atoms with Gasteiger partial charge in [-0.3, -0.25) is 5.09 Å². The van der Waals surface area contributed by atoms with Crippen molar-refractivity contribution in [1.82, 2.24) is 0 Å². The molecule has 0 aliphatic rings. The van der Waals surface area contributed by atoms with Crippen LogP contribution in [0.4, 0.5) is 5.69 Å². The first-order chi connectivity index (χ1) is 10.3. The molecule has 2 aromatic rings. The van der Waals surface area contributed by atoms with Crippen LogP contribution in [0.25, 0.3) is 0 Å². The third kappa shape index (κ3) is 4.24. The summed E-state index contributed by atoms with van der Waals surface area (Å²) in [4.78, 5) is 18.1. The molecule has 0 saturated carbocycles. The van der Waals surface area contributed by atoms with Crippen LogP contribution in [0, 0.1) is 0 Å². The third-order valence-corrected chi connectivity index (χ3v) is 3.92. The van der Waals surface area contributed by atoms with Crippen molar-refractivity contribution in [3.63, 3.8) is 0 Å². The van der Waals surface area contributed by atoms with Crippen molar-refractivity contribution in [2.75, 3.05) is 5.09 Å². The van der Waals surface area contributed by atoms with Crippen molar-refractivity contribution in [2.45, 2.75) is 19.3 Å². The van der Waals surface area contributed by atoms with E-state index >= 15 is 0 Å². The summed E-state index contributed by atoms with van der Waals surface area (Å²) in [6.45, 7) is 1.93. The number of phenolic OH excluding ortho intramolecular Hbond substituents is 2. The smallest absolute Gasteiger partial charge is 0.427 e. The van der Waals surface area contributed by atoms with Gasteiger partial charge in [0.1, 0.15) is 11.5 Å². The van der Waals surface area contributed by atoms with Gasteiger partial charge in [0.25, 0.3) is 0 Å². The zero-order valence-electron chi connectivity index (χ0n) is 12.0. The number of nitrogens with one attached hydrogen (secondary N) is 1. The predicted octanol–water partition coefficient (Wildman–Crippen LogP) is 2.95. The Bertz CT molecular complexity index is 696. The highest BCUT2D eigenvalue weighted by molar-refractivity contribution is 7.53. The van der Waals surface area contributed by atoms with Gasteiger partial charge < -0.3 is 20.0 Å². The molecular formula is C15H18NO5P. The molecule has 7 heteroatoms. The average Bonchev–Trinajstić information content (AvgIpc) is 2.41. The lowest BCUT2D eigenvalue weighted by atomic mass is 9.92. The molecule has 0 aliphatic carbocycles. The summed E-state index contributed by atoms with van der Waals surface area (Å²) in [7, 11) is -4.45. The molecule has 2 aromatic carbocycles. The number of rotatable bonds is 5. The lowest BCUT2D eigenvalue weighted by molar-refractivity contribution is 0.380. The summed E-state index contributed by atoms with van der Waals surface area (Å²) < 4.78 is 11.1. The van der Waals surface area contributed by atoms with Crippen molar-refractivity contribution in [3.8, 4) is 11.5 Å². The van der Waals surface area contributed by atoms with Gasteiger partial charge >= 0.3 is 7.75 Å². The normalized spacial score (nSPS) is 12.9. The quantitative estimate of drug-likeness (QED) is 0.541. The second-order valence-electron chi connectivity index (χ2n) is 5.16. The largest absolute Gasteiger partial charge is 0.508 e. The van der Waals surface area contributed by atoms with Gasteiger partial charge in [0.15, 0.2) is 0 Å². The average molecular weight is 323 g/mol. The minimum atomic E-state index is -4.45. The predicted molar refractivity (Wildman–Crippen MR) is 84.0 cm³/mol. The fourth-order valence-corrected chi connectivity index (χ4v) is 2.80. The van der Waals surface area contributed by atoms with Gasteiger partial charge in [-0.1, -0.05) is 25.1 Å². The molecule has 0 aromatic heterocycles. The molecule has 2 rings (SSSR count). The molecule has 0 radical (unpaired) electrons. The van der Waals surface area contributed by atoms with E-state index in [0.29, 0.717) is 12.0 Å². The molecule has 0 spiro atoms. The highest BCUT2D eigenvalue weighted by atomic mass is 31.2. The second-order valence-corrected chi connectivity index (χ2v) is 6.47. The van der Waals surface area contributed by atoms with E-state index in [1.165, 1.54) is 18.2 Å². The summed E-state index contributed by atoms with van der Waals surface area (Å²) in [6.07, 6.45) is 0.389. The first-order valence-electron chi connectivity index (χ1n) is 6.70. The Kier molecular flexibility index (Phi) is 4.76. The van der Waals surface area contributed by atoms with Crippen molar-refractivity contribution in [3.05, 3.63) is 53.6 Å². The van der Waals surface area contributed by atoms with Gasteiger partial charge in [-0.15, -0.1) is 0 Å². The van der Waals surface area contributed by atoms with Gasteiger partial charge in [-0.25, -0.2) is 4.57 Å². The molecular weight excluding hydrogens is 305 g/mol. The number of anilines is 1. The zero-order chi connectivity index (χ0) is 16.3. The molecule has 1 unspecified atom stereocenters. The second kappa shape index (κ2) is 6.40. The third-order valence-electron chi connectivity index (χ3n) is 3.39. The Morgan fingerprint density at radius 2 is 1.73 bits per heavy atom. The maximum Gasteiger partial charge on any atom is 0.427 e. The van der Waals surface area contributed by atoms with Crippen LogP contribution >= 0.6 is 7.75 Å².